The lowest BCUT2D eigenvalue weighted by atomic mass is 9.82. The standard InChI is InChI=1S/C19H21N3O2S/c23-17(21-15-9-5-11-20-18(15)24)12-6-1-2-7-13(12)19-22-14-8-3-4-10-16(14)25-19/h1-4,8,10,12-13,15H,5-7,9,11H2,(H,20,24)(H,21,23). The van der Waals surface area contributed by atoms with E-state index in [2.05, 4.69) is 28.9 Å². The van der Waals surface area contributed by atoms with E-state index in [-0.39, 0.29) is 23.7 Å². The lowest BCUT2D eigenvalue weighted by Gasteiger charge is -2.29. The molecule has 1 aliphatic carbocycles. The molecule has 0 radical (unpaired) electrons. The predicted octanol–water partition coefficient (Wildman–Crippen LogP) is 2.74. The molecule has 2 N–H and O–H groups in total. The second-order valence-corrected chi connectivity index (χ2v) is 7.73. The number of nitrogens with one attached hydrogen (secondary N) is 2. The van der Waals surface area contributed by atoms with Crippen LogP contribution in [0, 0.1) is 5.92 Å². The smallest absolute Gasteiger partial charge is 0.242 e. The largest absolute Gasteiger partial charge is 0.354 e. The molecule has 2 heterocycles. The summed E-state index contributed by atoms with van der Waals surface area (Å²) >= 11 is 1.67. The second kappa shape index (κ2) is 6.96. The van der Waals surface area contributed by atoms with Gasteiger partial charge in [0.15, 0.2) is 0 Å². The van der Waals surface area contributed by atoms with E-state index in [4.69, 9.17) is 4.98 Å². The maximum absolute atomic E-state index is 12.9. The average molecular weight is 355 g/mol. The highest BCUT2D eigenvalue weighted by Gasteiger charge is 2.34. The van der Waals surface area contributed by atoms with Crippen molar-refractivity contribution < 1.29 is 9.59 Å². The monoisotopic (exact) mass is 355 g/mol. The highest BCUT2D eigenvalue weighted by atomic mass is 32.1. The van der Waals surface area contributed by atoms with Gasteiger partial charge in [-0.25, -0.2) is 4.98 Å². The molecule has 6 heteroatoms. The first-order valence-electron chi connectivity index (χ1n) is 8.81. The first-order chi connectivity index (χ1) is 12.2. The lowest BCUT2D eigenvalue weighted by Crippen LogP contribution is -2.52. The van der Waals surface area contributed by atoms with Crippen LogP contribution in [0.5, 0.6) is 0 Å². The number of carbonyl (C=O) groups excluding carboxylic acids is 2. The van der Waals surface area contributed by atoms with Crippen LogP contribution in [0.1, 0.15) is 36.6 Å². The van der Waals surface area contributed by atoms with Crippen LogP contribution < -0.4 is 10.6 Å². The van der Waals surface area contributed by atoms with Gasteiger partial charge in [0.05, 0.1) is 21.1 Å². The number of para-hydroxylation sites is 1. The van der Waals surface area contributed by atoms with Gasteiger partial charge in [-0.3, -0.25) is 9.59 Å². The molecule has 1 saturated heterocycles. The van der Waals surface area contributed by atoms with E-state index in [1.54, 1.807) is 11.3 Å². The Morgan fingerprint density at radius 3 is 2.92 bits per heavy atom. The Bertz CT molecular complexity index is 796. The number of fused-ring (bicyclic) bond motifs is 1. The number of amides is 2. The Labute approximate surface area is 150 Å². The van der Waals surface area contributed by atoms with E-state index in [0.29, 0.717) is 19.4 Å². The highest BCUT2D eigenvalue weighted by molar-refractivity contribution is 7.18. The van der Waals surface area contributed by atoms with Gasteiger partial charge in [-0.1, -0.05) is 24.3 Å². The Balaban J connectivity index is 1.55. The molecule has 0 bridgehead atoms. The van der Waals surface area contributed by atoms with Crippen molar-refractivity contribution in [3.05, 3.63) is 41.4 Å². The highest BCUT2D eigenvalue weighted by Crippen LogP contribution is 2.38. The van der Waals surface area contributed by atoms with Crippen LogP contribution in [-0.4, -0.2) is 29.4 Å². The van der Waals surface area contributed by atoms with E-state index >= 15 is 0 Å². The van der Waals surface area contributed by atoms with E-state index in [0.717, 1.165) is 28.1 Å². The number of piperidine rings is 1. The molecular formula is C19H21N3O2S. The topological polar surface area (TPSA) is 71.1 Å². The molecule has 4 rings (SSSR count). The maximum Gasteiger partial charge on any atom is 0.242 e. The van der Waals surface area contributed by atoms with Crippen LogP contribution in [0.3, 0.4) is 0 Å². The Morgan fingerprint density at radius 1 is 1.24 bits per heavy atom. The molecule has 3 unspecified atom stereocenters. The van der Waals surface area contributed by atoms with Crippen LogP contribution in [-0.2, 0) is 9.59 Å². The Hall–Kier alpha value is -2.21. The number of aromatic nitrogens is 1. The number of hydrogen-bond donors (Lipinski definition) is 2. The number of allylic oxidation sites excluding steroid dienone is 2. The molecule has 25 heavy (non-hydrogen) atoms. The summed E-state index contributed by atoms with van der Waals surface area (Å²) in [5.41, 5.74) is 0.989. The van der Waals surface area contributed by atoms with Gasteiger partial charge in [-0.15, -0.1) is 11.3 Å². The fourth-order valence-corrected chi connectivity index (χ4v) is 4.76. The molecule has 2 amide bonds. The SMILES string of the molecule is O=C1NCCCC1NC(=O)C1CC=CCC1c1nc2ccccc2s1. The van der Waals surface area contributed by atoms with Gasteiger partial charge in [-0.05, 0) is 37.8 Å². The van der Waals surface area contributed by atoms with E-state index in [1.807, 2.05) is 18.2 Å². The van der Waals surface area contributed by atoms with Crippen LogP contribution in [0.25, 0.3) is 10.2 Å². The van der Waals surface area contributed by atoms with Crippen molar-refractivity contribution >= 4 is 33.4 Å². The number of nitrogens with zero attached hydrogens (tertiary/aromatic N) is 1. The normalized spacial score (nSPS) is 26.4. The molecule has 130 valence electrons. The van der Waals surface area contributed by atoms with Gasteiger partial charge < -0.3 is 10.6 Å². The Morgan fingerprint density at radius 2 is 2.08 bits per heavy atom. The summed E-state index contributed by atoms with van der Waals surface area (Å²) in [4.78, 5) is 29.6. The van der Waals surface area contributed by atoms with Gasteiger partial charge in [0.2, 0.25) is 11.8 Å². The average Bonchev–Trinajstić information content (AvgIpc) is 3.07. The first-order valence-corrected chi connectivity index (χ1v) is 9.62. The van der Waals surface area contributed by atoms with Crippen LogP contribution >= 0.6 is 11.3 Å². The molecule has 2 aliphatic rings. The van der Waals surface area contributed by atoms with Gasteiger partial charge in [-0.2, -0.15) is 0 Å². The number of benzene rings is 1. The fourth-order valence-electron chi connectivity index (χ4n) is 3.61. The van der Waals surface area contributed by atoms with Crippen molar-refractivity contribution in [1.29, 1.82) is 0 Å². The summed E-state index contributed by atoms with van der Waals surface area (Å²) in [6, 6.07) is 7.67. The Kier molecular flexibility index (Phi) is 4.53. The van der Waals surface area contributed by atoms with Gasteiger partial charge >= 0.3 is 0 Å². The second-order valence-electron chi connectivity index (χ2n) is 6.67. The molecule has 1 aromatic carbocycles. The van der Waals surface area contributed by atoms with E-state index < -0.39 is 6.04 Å². The van der Waals surface area contributed by atoms with Crippen LogP contribution in [0.15, 0.2) is 36.4 Å². The molecular weight excluding hydrogens is 334 g/mol. The molecule has 3 atom stereocenters. The van der Waals surface area contributed by atoms with Crippen molar-refractivity contribution in [2.45, 2.75) is 37.6 Å². The summed E-state index contributed by atoms with van der Waals surface area (Å²) in [7, 11) is 0. The molecule has 2 aromatic rings. The number of rotatable bonds is 3. The molecule has 0 spiro atoms. The van der Waals surface area contributed by atoms with Crippen LogP contribution in [0.2, 0.25) is 0 Å². The summed E-state index contributed by atoms with van der Waals surface area (Å²) in [5, 5.41) is 6.80. The summed E-state index contributed by atoms with van der Waals surface area (Å²) in [6.45, 7) is 0.700. The number of thiazole rings is 1. The van der Waals surface area contributed by atoms with E-state index in [9.17, 15) is 9.59 Å². The minimum absolute atomic E-state index is 0.0318. The third kappa shape index (κ3) is 3.31. The minimum Gasteiger partial charge on any atom is -0.354 e. The summed E-state index contributed by atoms with van der Waals surface area (Å²) in [5.74, 6) is -0.188. The van der Waals surface area contributed by atoms with Crippen LogP contribution in [0.4, 0.5) is 0 Å². The molecule has 5 nitrogen and oxygen atoms in total. The summed E-state index contributed by atoms with van der Waals surface area (Å²) in [6.07, 6.45) is 7.33. The number of hydrogen-bond acceptors (Lipinski definition) is 4. The van der Waals surface area contributed by atoms with E-state index in [1.165, 1.54) is 0 Å². The molecule has 1 aromatic heterocycles. The van der Waals surface area contributed by atoms with Crippen molar-refractivity contribution in [3.63, 3.8) is 0 Å². The van der Waals surface area contributed by atoms with Crippen molar-refractivity contribution in [1.82, 2.24) is 15.6 Å². The quantitative estimate of drug-likeness (QED) is 0.832. The molecule has 1 aliphatic heterocycles. The zero-order valence-electron chi connectivity index (χ0n) is 13.9. The third-order valence-corrected chi connectivity index (χ3v) is 6.17. The zero-order chi connectivity index (χ0) is 17.2. The lowest BCUT2D eigenvalue weighted by molar-refractivity contribution is -0.132. The first kappa shape index (κ1) is 16.3. The zero-order valence-corrected chi connectivity index (χ0v) is 14.7. The van der Waals surface area contributed by atoms with Gasteiger partial charge in [0.25, 0.3) is 0 Å². The third-order valence-electron chi connectivity index (χ3n) is 5.00. The maximum atomic E-state index is 12.9. The fraction of sp³-hybridized carbons (Fsp3) is 0.421. The van der Waals surface area contributed by atoms with Gasteiger partial charge in [0.1, 0.15) is 6.04 Å². The summed E-state index contributed by atoms with van der Waals surface area (Å²) < 4.78 is 1.15. The molecule has 0 saturated carbocycles. The van der Waals surface area contributed by atoms with Crippen molar-refractivity contribution in [3.8, 4) is 0 Å². The predicted molar refractivity (Wildman–Crippen MR) is 98.4 cm³/mol. The van der Waals surface area contributed by atoms with Crippen molar-refractivity contribution in [2.75, 3.05) is 6.54 Å². The van der Waals surface area contributed by atoms with Crippen molar-refractivity contribution in [2.24, 2.45) is 5.92 Å². The number of carbonyl (C=O) groups is 2. The minimum atomic E-state index is -0.400. The van der Waals surface area contributed by atoms with Gasteiger partial charge in [0, 0.05) is 12.5 Å². The molecule has 1 fully saturated rings.